The van der Waals surface area contributed by atoms with E-state index in [-0.39, 0.29) is 23.8 Å². The van der Waals surface area contributed by atoms with Crippen molar-refractivity contribution < 1.29 is 19.1 Å². The highest BCUT2D eigenvalue weighted by atomic mass is 16.5. The lowest BCUT2D eigenvalue weighted by Gasteiger charge is -2.31. The van der Waals surface area contributed by atoms with Crippen LogP contribution >= 0.6 is 0 Å². The van der Waals surface area contributed by atoms with Crippen molar-refractivity contribution in [1.82, 2.24) is 24.8 Å². The number of nitrogens with one attached hydrogen (secondary N) is 1. The summed E-state index contributed by atoms with van der Waals surface area (Å²) < 4.78 is 14.0. The van der Waals surface area contributed by atoms with E-state index in [1.165, 1.54) is 12.4 Å². The predicted octanol–water partition coefficient (Wildman–Crippen LogP) is 4.72. The molecule has 2 aliphatic heterocycles. The van der Waals surface area contributed by atoms with Crippen LogP contribution in [0.25, 0.3) is 22.2 Å². The highest BCUT2D eigenvalue weighted by Crippen LogP contribution is 2.40. The normalized spacial score (nSPS) is 17.4. The van der Waals surface area contributed by atoms with Gasteiger partial charge in [-0.15, -0.1) is 0 Å². The summed E-state index contributed by atoms with van der Waals surface area (Å²) in [6.45, 7) is 7.51. The molecule has 4 aromatic rings. The number of piperidine rings is 1. The second kappa shape index (κ2) is 13.2. The first-order valence-corrected chi connectivity index (χ1v) is 15.2. The molecule has 6 rings (SSSR count). The summed E-state index contributed by atoms with van der Waals surface area (Å²) in [4.78, 5) is 35.3. The molecule has 4 heterocycles. The fraction of sp³-hybridized carbons (Fsp3) is 0.314. The zero-order chi connectivity index (χ0) is 31.3. The Morgan fingerprint density at radius 3 is 2.51 bits per heavy atom. The number of carbonyl (C=O) groups excluding carboxylic acids is 2. The van der Waals surface area contributed by atoms with Crippen LogP contribution in [0.1, 0.15) is 37.9 Å². The van der Waals surface area contributed by atoms with Gasteiger partial charge in [0.05, 0.1) is 18.0 Å². The number of amides is 2. The van der Waals surface area contributed by atoms with Crippen LogP contribution in [-0.2, 0) is 14.3 Å². The van der Waals surface area contributed by atoms with Gasteiger partial charge in [-0.3, -0.25) is 9.59 Å². The van der Waals surface area contributed by atoms with E-state index in [9.17, 15) is 9.59 Å². The number of nitrogens with two attached hydrogens (primary N) is 1. The lowest BCUT2D eigenvalue weighted by atomic mass is 9.96. The minimum atomic E-state index is -0.610. The fourth-order valence-corrected chi connectivity index (χ4v) is 5.98. The molecule has 0 radical (unpaired) electrons. The number of fused-ring (bicyclic) bond motifs is 1. The first-order chi connectivity index (χ1) is 21.9. The SMILES string of the molecule is C=CC(=O)N[C@H](C)C(=O)N1CCC(C#Cc2c(-c3ccc(Oc4ccccc4)cc3)c3c(N)ncnc3n2[C@H]2CCOC2)CC1. The molecule has 0 saturated carbocycles. The van der Waals surface area contributed by atoms with Gasteiger partial charge < -0.3 is 30.0 Å². The van der Waals surface area contributed by atoms with Crippen molar-refractivity contribution in [2.45, 2.75) is 38.3 Å². The number of nitrogens with zero attached hydrogens (tertiary/aromatic N) is 4. The molecule has 2 aromatic heterocycles. The van der Waals surface area contributed by atoms with Gasteiger partial charge in [-0.1, -0.05) is 42.8 Å². The molecule has 2 amide bonds. The Bertz CT molecular complexity index is 1760. The van der Waals surface area contributed by atoms with Gasteiger partial charge in [0.15, 0.2) is 0 Å². The number of hydrogen-bond donors (Lipinski definition) is 2. The molecule has 45 heavy (non-hydrogen) atoms. The molecule has 0 unspecified atom stereocenters. The van der Waals surface area contributed by atoms with Gasteiger partial charge in [0.1, 0.15) is 41.0 Å². The number of para-hydroxylation sites is 1. The van der Waals surface area contributed by atoms with Crippen molar-refractivity contribution in [1.29, 1.82) is 0 Å². The molecule has 2 atom stereocenters. The molecule has 2 fully saturated rings. The molecular weight excluding hydrogens is 568 g/mol. The monoisotopic (exact) mass is 604 g/mol. The van der Waals surface area contributed by atoms with Gasteiger partial charge in [0.25, 0.3) is 0 Å². The minimum Gasteiger partial charge on any atom is -0.457 e. The van der Waals surface area contributed by atoms with Gasteiger partial charge in [0, 0.05) is 31.2 Å². The largest absolute Gasteiger partial charge is 0.457 e. The first-order valence-electron chi connectivity index (χ1n) is 15.2. The van der Waals surface area contributed by atoms with E-state index in [2.05, 4.69) is 38.3 Å². The zero-order valence-electron chi connectivity index (χ0n) is 25.2. The van der Waals surface area contributed by atoms with Crippen molar-refractivity contribution >= 4 is 28.7 Å². The predicted molar refractivity (Wildman–Crippen MR) is 172 cm³/mol. The van der Waals surface area contributed by atoms with E-state index in [0.29, 0.717) is 32.1 Å². The third-order valence-corrected chi connectivity index (χ3v) is 8.32. The molecule has 2 aromatic carbocycles. The first kappa shape index (κ1) is 29.9. The van der Waals surface area contributed by atoms with Crippen molar-refractivity contribution in [2.24, 2.45) is 5.92 Å². The van der Waals surface area contributed by atoms with Gasteiger partial charge in [-0.05, 0) is 68.0 Å². The maximum absolute atomic E-state index is 12.9. The molecule has 0 bridgehead atoms. The highest BCUT2D eigenvalue weighted by Gasteiger charge is 2.29. The topological polar surface area (TPSA) is 125 Å². The molecule has 0 spiro atoms. The molecule has 0 aliphatic carbocycles. The highest BCUT2D eigenvalue weighted by molar-refractivity contribution is 6.03. The average molecular weight is 605 g/mol. The summed E-state index contributed by atoms with van der Waals surface area (Å²) in [5, 5.41) is 3.42. The average Bonchev–Trinajstić information content (AvgIpc) is 3.71. The Balaban J connectivity index is 1.32. The number of benzene rings is 2. The van der Waals surface area contributed by atoms with E-state index in [1.807, 2.05) is 54.6 Å². The number of likely N-dealkylation sites (tertiary alicyclic amines) is 1. The second-order valence-electron chi connectivity index (χ2n) is 11.3. The number of ether oxygens (including phenoxy) is 2. The standard InChI is InChI=1S/C35H36N6O4/c1-3-30(42)39-23(2)35(43)40-18-15-24(16-19-40)9-14-29-31(25-10-12-28(13-11-25)45-27-7-5-4-6-8-27)32-33(36)37-22-38-34(32)41(29)26-17-20-44-21-26/h3-8,10-13,22-24,26H,1,15-21H2,2H3,(H,39,42)(H2,36,37,38)/t23-,26+/m1/s1. The summed E-state index contributed by atoms with van der Waals surface area (Å²) in [7, 11) is 0. The van der Waals surface area contributed by atoms with E-state index in [1.54, 1.807) is 11.8 Å². The van der Waals surface area contributed by atoms with E-state index >= 15 is 0 Å². The molecule has 230 valence electrons. The van der Waals surface area contributed by atoms with Crippen molar-refractivity contribution in [3.05, 3.63) is 79.3 Å². The van der Waals surface area contributed by atoms with E-state index < -0.39 is 6.04 Å². The van der Waals surface area contributed by atoms with Crippen LogP contribution in [0.2, 0.25) is 0 Å². The van der Waals surface area contributed by atoms with Crippen molar-refractivity contribution in [2.75, 3.05) is 32.0 Å². The molecular formula is C35H36N6O4. The maximum Gasteiger partial charge on any atom is 0.244 e. The Kier molecular flexibility index (Phi) is 8.80. The van der Waals surface area contributed by atoms with Gasteiger partial charge in [-0.2, -0.15) is 0 Å². The third-order valence-electron chi connectivity index (χ3n) is 8.32. The van der Waals surface area contributed by atoms with Crippen LogP contribution in [0.4, 0.5) is 5.82 Å². The Morgan fingerprint density at radius 2 is 1.82 bits per heavy atom. The molecule has 10 heteroatoms. The van der Waals surface area contributed by atoms with Gasteiger partial charge in [-0.25, -0.2) is 9.97 Å². The van der Waals surface area contributed by atoms with Crippen LogP contribution < -0.4 is 15.8 Å². The summed E-state index contributed by atoms with van der Waals surface area (Å²) in [6, 6.07) is 17.0. The van der Waals surface area contributed by atoms with E-state index in [0.717, 1.165) is 58.6 Å². The smallest absolute Gasteiger partial charge is 0.244 e. The Morgan fingerprint density at radius 1 is 1.09 bits per heavy atom. The van der Waals surface area contributed by atoms with Crippen LogP contribution in [0, 0.1) is 17.8 Å². The summed E-state index contributed by atoms with van der Waals surface area (Å²) in [5.74, 6) is 8.55. The summed E-state index contributed by atoms with van der Waals surface area (Å²) >= 11 is 0. The maximum atomic E-state index is 12.9. The lowest BCUT2D eigenvalue weighted by molar-refractivity contribution is -0.136. The van der Waals surface area contributed by atoms with Crippen molar-refractivity contribution in [3.8, 4) is 34.5 Å². The number of rotatable bonds is 7. The van der Waals surface area contributed by atoms with Gasteiger partial charge >= 0.3 is 0 Å². The number of aromatic nitrogens is 3. The second-order valence-corrected chi connectivity index (χ2v) is 11.3. The molecule has 10 nitrogen and oxygen atoms in total. The Labute approximate surface area is 262 Å². The number of anilines is 1. The lowest BCUT2D eigenvalue weighted by Crippen LogP contribution is -2.49. The zero-order valence-corrected chi connectivity index (χ0v) is 25.2. The summed E-state index contributed by atoms with van der Waals surface area (Å²) in [5.41, 5.74) is 9.89. The minimum absolute atomic E-state index is 0.0623. The molecule has 2 saturated heterocycles. The quantitative estimate of drug-likeness (QED) is 0.231. The summed E-state index contributed by atoms with van der Waals surface area (Å²) in [6.07, 6.45) is 4.97. The third kappa shape index (κ3) is 6.40. The van der Waals surface area contributed by atoms with E-state index in [4.69, 9.17) is 15.2 Å². The fourth-order valence-electron chi connectivity index (χ4n) is 5.98. The molecule has 2 aliphatic rings. The molecule has 3 N–H and O–H groups in total. The van der Waals surface area contributed by atoms with Crippen LogP contribution in [-0.4, -0.2) is 63.6 Å². The van der Waals surface area contributed by atoms with Crippen LogP contribution in [0.15, 0.2) is 73.6 Å². The number of hydrogen-bond acceptors (Lipinski definition) is 7. The van der Waals surface area contributed by atoms with Gasteiger partial charge in [0.2, 0.25) is 11.8 Å². The number of nitrogen functional groups attached to an aromatic ring is 1. The van der Waals surface area contributed by atoms with Crippen molar-refractivity contribution in [3.63, 3.8) is 0 Å². The Hall–Kier alpha value is -5.14. The number of carbonyl (C=O) groups is 2. The van der Waals surface area contributed by atoms with Crippen LogP contribution in [0.3, 0.4) is 0 Å². The van der Waals surface area contributed by atoms with Crippen LogP contribution in [0.5, 0.6) is 11.5 Å².